The lowest BCUT2D eigenvalue weighted by molar-refractivity contribution is -0.128. The zero-order valence-electron chi connectivity index (χ0n) is 42.1. The van der Waals surface area contributed by atoms with E-state index in [1.54, 1.807) is 11.0 Å². The first-order valence-electron chi connectivity index (χ1n) is 26.4. The minimum Gasteiger partial charge on any atom is -0.449 e. The predicted molar refractivity (Wildman–Crippen MR) is 261 cm³/mol. The van der Waals surface area contributed by atoms with E-state index in [1.165, 1.54) is 96.3 Å². The number of nitrogens with one attached hydrogen (secondary N) is 3. The molecule has 2 rings (SSSR count). The van der Waals surface area contributed by atoms with E-state index in [4.69, 9.17) is 23.7 Å². The van der Waals surface area contributed by atoms with E-state index in [-0.39, 0.29) is 35.7 Å². The first kappa shape index (κ1) is 58.4. The summed E-state index contributed by atoms with van der Waals surface area (Å²) in [4.78, 5) is 50.5. The average molecular weight is 921 g/mol. The third-order valence-corrected chi connectivity index (χ3v) is 12.8. The van der Waals surface area contributed by atoms with E-state index >= 15 is 0 Å². The molecule has 3 atom stereocenters. The smallest absolute Gasteiger partial charge is 0.407 e. The number of rotatable bonds is 45. The van der Waals surface area contributed by atoms with Crippen molar-refractivity contribution in [2.75, 3.05) is 59.2 Å². The lowest BCUT2D eigenvalue weighted by Crippen LogP contribution is -2.37. The molecule has 2 heterocycles. The Morgan fingerprint density at radius 1 is 0.600 bits per heavy atom. The molecule has 0 aromatic carbocycles. The number of hydrogen-bond acceptors (Lipinski definition) is 9. The molecule has 2 aliphatic rings. The molecule has 13 heteroatoms. The minimum atomic E-state index is -0.400. The Morgan fingerprint density at radius 3 is 1.80 bits per heavy atom. The summed E-state index contributed by atoms with van der Waals surface area (Å²) < 4.78 is 28.9. The van der Waals surface area contributed by atoms with Crippen molar-refractivity contribution in [2.45, 2.75) is 238 Å². The van der Waals surface area contributed by atoms with Gasteiger partial charge in [0.2, 0.25) is 17.7 Å². The van der Waals surface area contributed by atoms with Gasteiger partial charge >= 0.3 is 6.09 Å². The molecular weight excluding hydrogens is 825 g/mol. The highest BCUT2D eigenvalue weighted by Gasteiger charge is 2.46. The van der Waals surface area contributed by atoms with E-state index in [9.17, 15) is 19.2 Å². The average Bonchev–Trinajstić information content (AvgIpc) is 4.07. The molecule has 0 aromatic heterocycles. The summed E-state index contributed by atoms with van der Waals surface area (Å²) in [5.74, 6) is 0.0464. The topological polar surface area (TPSA) is 157 Å². The Bertz CT molecular complexity index is 1280. The highest BCUT2D eigenvalue weighted by molar-refractivity contribution is 5.89. The molecular formula is C52H96N4O9. The van der Waals surface area contributed by atoms with Crippen molar-refractivity contribution < 1.29 is 42.9 Å². The normalized spacial score (nSPS) is 16.6. The maximum Gasteiger partial charge on any atom is 0.407 e. The molecule has 1 fully saturated rings. The predicted octanol–water partition coefficient (Wildman–Crippen LogP) is 10.6. The van der Waals surface area contributed by atoms with Crippen LogP contribution in [0.2, 0.25) is 0 Å². The molecule has 2 aliphatic heterocycles. The number of amides is 4. The van der Waals surface area contributed by atoms with Crippen LogP contribution in [0.25, 0.3) is 0 Å². The van der Waals surface area contributed by atoms with Gasteiger partial charge in [-0.3, -0.25) is 14.4 Å². The SMILES string of the molecule is CCCCCCCCCCCCCCCCCCOCCCOC(=O)NCCCCCC(=O)NCCC(C)(C)OCCC(C)(CC)OCCNC(=O)CCCCCN1C(=O)C=CC2OC21. The van der Waals surface area contributed by atoms with Crippen molar-refractivity contribution >= 4 is 23.8 Å². The zero-order valence-corrected chi connectivity index (χ0v) is 42.1. The second-order valence-corrected chi connectivity index (χ2v) is 19.3. The van der Waals surface area contributed by atoms with Gasteiger partial charge in [0.05, 0.1) is 31.0 Å². The number of unbranched alkanes of at least 4 members (excludes halogenated alkanes) is 19. The van der Waals surface area contributed by atoms with Gasteiger partial charge in [-0.2, -0.15) is 0 Å². The van der Waals surface area contributed by atoms with E-state index in [1.807, 2.05) is 19.9 Å². The summed E-state index contributed by atoms with van der Waals surface area (Å²) >= 11 is 0. The summed E-state index contributed by atoms with van der Waals surface area (Å²) in [6.07, 6.45) is 33.5. The zero-order chi connectivity index (χ0) is 47.3. The van der Waals surface area contributed by atoms with Gasteiger partial charge in [-0.25, -0.2) is 4.79 Å². The quantitative estimate of drug-likeness (QED) is 0.0399. The second kappa shape index (κ2) is 37.3. The fraction of sp³-hybridized carbons (Fsp3) is 0.885. The van der Waals surface area contributed by atoms with Gasteiger partial charge in [-0.05, 0) is 78.2 Å². The fourth-order valence-corrected chi connectivity index (χ4v) is 8.03. The van der Waals surface area contributed by atoms with Crippen molar-refractivity contribution in [1.29, 1.82) is 0 Å². The Hall–Kier alpha value is -2.74. The first-order valence-corrected chi connectivity index (χ1v) is 26.4. The van der Waals surface area contributed by atoms with Gasteiger partial charge in [0.25, 0.3) is 0 Å². The number of ether oxygens (including phenoxy) is 5. The first-order chi connectivity index (χ1) is 31.5. The van der Waals surface area contributed by atoms with Crippen LogP contribution < -0.4 is 16.0 Å². The van der Waals surface area contributed by atoms with Crippen LogP contribution in [0.1, 0.15) is 214 Å². The fourth-order valence-electron chi connectivity index (χ4n) is 8.03. The number of nitrogens with zero attached hydrogens (tertiary/aromatic N) is 1. The van der Waals surface area contributed by atoms with Crippen LogP contribution in [0.5, 0.6) is 0 Å². The third-order valence-electron chi connectivity index (χ3n) is 12.8. The number of carbonyl (C=O) groups is 4. The van der Waals surface area contributed by atoms with Gasteiger partial charge in [-0.15, -0.1) is 0 Å². The van der Waals surface area contributed by atoms with E-state index < -0.39 is 11.7 Å². The molecule has 0 spiro atoms. The van der Waals surface area contributed by atoms with Gasteiger partial charge in [0, 0.05) is 64.7 Å². The van der Waals surface area contributed by atoms with Crippen LogP contribution in [-0.4, -0.2) is 111 Å². The number of epoxide rings is 1. The van der Waals surface area contributed by atoms with Crippen LogP contribution >= 0.6 is 0 Å². The van der Waals surface area contributed by atoms with Gasteiger partial charge in [0.15, 0.2) is 6.23 Å². The van der Waals surface area contributed by atoms with Gasteiger partial charge in [0.1, 0.15) is 6.10 Å². The molecule has 4 amide bonds. The highest BCUT2D eigenvalue weighted by atomic mass is 16.6. The maximum atomic E-state index is 12.4. The van der Waals surface area contributed by atoms with Crippen molar-refractivity contribution in [3.05, 3.63) is 12.2 Å². The largest absolute Gasteiger partial charge is 0.449 e. The van der Waals surface area contributed by atoms with Crippen LogP contribution in [0.15, 0.2) is 12.2 Å². The number of carbonyl (C=O) groups excluding carboxylic acids is 4. The molecule has 0 saturated carbocycles. The summed E-state index contributed by atoms with van der Waals surface area (Å²) in [6, 6.07) is 0. The maximum absolute atomic E-state index is 12.4. The van der Waals surface area contributed by atoms with Crippen LogP contribution in [0.4, 0.5) is 4.79 Å². The van der Waals surface area contributed by atoms with Crippen LogP contribution in [-0.2, 0) is 38.1 Å². The van der Waals surface area contributed by atoms with Crippen molar-refractivity contribution in [1.82, 2.24) is 20.9 Å². The molecule has 1 saturated heterocycles. The second-order valence-electron chi connectivity index (χ2n) is 19.3. The summed E-state index contributed by atoms with van der Waals surface area (Å²) in [6.45, 7) is 15.4. The molecule has 65 heavy (non-hydrogen) atoms. The molecule has 3 unspecified atom stereocenters. The highest BCUT2D eigenvalue weighted by Crippen LogP contribution is 2.31. The number of fused-ring (bicyclic) bond motifs is 1. The van der Waals surface area contributed by atoms with Crippen LogP contribution in [0, 0.1) is 0 Å². The molecule has 0 bridgehead atoms. The summed E-state index contributed by atoms with van der Waals surface area (Å²) in [5, 5.41) is 8.77. The van der Waals surface area contributed by atoms with E-state index in [2.05, 4.69) is 36.7 Å². The summed E-state index contributed by atoms with van der Waals surface area (Å²) in [5.41, 5.74) is -0.765. The molecule has 13 nitrogen and oxygen atoms in total. The lowest BCUT2D eigenvalue weighted by atomic mass is 9.99. The summed E-state index contributed by atoms with van der Waals surface area (Å²) in [7, 11) is 0. The van der Waals surface area contributed by atoms with Crippen molar-refractivity contribution in [3.63, 3.8) is 0 Å². The molecule has 0 aliphatic carbocycles. The Morgan fingerprint density at radius 2 is 1.17 bits per heavy atom. The molecule has 378 valence electrons. The molecule has 3 N–H and O–H groups in total. The Labute approximate surface area is 395 Å². The standard InChI is InChI=1S/C52H96N4O9/c1-6-8-9-10-11-12-13-14-15-16-17-18-19-20-21-28-40-61-41-29-42-62-50(60)55-36-26-22-24-30-46(57)53-37-34-51(3,4)63-43-35-52(5,7-2)64-44-38-54-47(58)31-25-23-27-39-56-48(59)33-32-45-49(56)65-45/h32-33,45,49H,6-31,34-44H2,1-5H3,(H,53,57)(H,54,58)(H,55,60). The molecule has 0 radical (unpaired) electrons. The van der Waals surface area contributed by atoms with Gasteiger partial charge < -0.3 is 44.5 Å². The monoisotopic (exact) mass is 921 g/mol. The van der Waals surface area contributed by atoms with Gasteiger partial charge in [-0.1, -0.05) is 123 Å². The van der Waals surface area contributed by atoms with Crippen molar-refractivity contribution in [2.24, 2.45) is 0 Å². The lowest BCUT2D eigenvalue weighted by Gasteiger charge is -2.32. The minimum absolute atomic E-state index is 0.00473. The van der Waals surface area contributed by atoms with Crippen LogP contribution in [0.3, 0.4) is 0 Å². The van der Waals surface area contributed by atoms with Crippen molar-refractivity contribution in [3.8, 4) is 0 Å². The third kappa shape index (κ3) is 31.8. The Balaban J connectivity index is 1.32. The van der Waals surface area contributed by atoms with E-state index in [0.717, 1.165) is 64.4 Å². The number of hydrogen-bond donors (Lipinski definition) is 3. The molecule has 0 aromatic rings. The van der Waals surface area contributed by atoms with E-state index in [0.29, 0.717) is 78.3 Å². The number of alkyl carbamates (subject to hydrolysis) is 1. The Kier molecular flexibility index (Phi) is 33.5.